The molecular formula is C11H20Br2. The summed E-state index contributed by atoms with van der Waals surface area (Å²) in [6.07, 6.45) is 11.1. The summed E-state index contributed by atoms with van der Waals surface area (Å²) in [4.78, 5) is 1.05. The van der Waals surface area contributed by atoms with Crippen LogP contribution in [0.25, 0.3) is 0 Å². The number of rotatable bonds is 7. The topological polar surface area (TPSA) is 0 Å². The minimum atomic E-state index is 0.489. The Morgan fingerprint density at radius 3 is 2.31 bits per heavy atom. The fraction of sp³-hybridized carbons (Fsp3) is 0.818. The zero-order chi connectivity index (χ0) is 10.1. The van der Waals surface area contributed by atoms with Crippen molar-refractivity contribution in [3.05, 3.63) is 12.2 Å². The second kappa shape index (κ2) is 9.26. The van der Waals surface area contributed by atoms with Gasteiger partial charge < -0.3 is 0 Å². The first kappa shape index (κ1) is 13.7. The monoisotopic (exact) mass is 310 g/mol. The molecule has 2 heteroatoms. The predicted octanol–water partition coefficient (Wildman–Crippen LogP) is 5.06. The highest BCUT2D eigenvalue weighted by molar-refractivity contribution is 9.10. The minimum absolute atomic E-state index is 0.489. The molecule has 0 aliphatic heterocycles. The van der Waals surface area contributed by atoms with Crippen LogP contribution >= 0.6 is 31.9 Å². The normalized spacial score (nSPS) is 16.3. The van der Waals surface area contributed by atoms with Crippen LogP contribution in [0.1, 0.15) is 46.0 Å². The van der Waals surface area contributed by atoms with Gasteiger partial charge in [-0.2, -0.15) is 0 Å². The maximum Gasteiger partial charge on any atom is 0.0325 e. The third-order valence-corrected chi connectivity index (χ3v) is 2.99. The summed E-state index contributed by atoms with van der Waals surface area (Å²) in [5, 5.41) is 0. The van der Waals surface area contributed by atoms with Crippen molar-refractivity contribution in [1.29, 1.82) is 0 Å². The van der Waals surface area contributed by atoms with Crippen LogP contribution in [-0.4, -0.2) is 9.65 Å². The second-order valence-corrected chi connectivity index (χ2v) is 6.05. The highest BCUT2D eigenvalue weighted by Crippen LogP contribution is 2.14. The molecule has 0 aromatic carbocycles. The first-order valence-corrected chi connectivity index (χ1v) is 6.96. The first-order chi connectivity index (χ1) is 6.16. The van der Waals surface area contributed by atoms with Crippen LogP contribution in [0.5, 0.6) is 0 Å². The van der Waals surface area contributed by atoms with Crippen molar-refractivity contribution < 1.29 is 0 Å². The summed E-state index contributed by atoms with van der Waals surface area (Å²) < 4.78 is 0. The van der Waals surface area contributed by atoms with Gasteiger partial charge in [-0.15, -0.1) is 0 Å². The average molecular weight is 312 g/mol. The third kappa shape index (κ3) is 10.6. The van der Waals surface area contributed by atoms with Gasteiger partial charge in [0.25, 0.3) is 0 Å². The molecule has 0 saturated heterocycles. The van der Waals surface area contributed by atoms with E-state index in [-0.39, 0.29) is 0 Å². The highest BCUT2D eigenvalue weighted by atomic mass is 79.9. The molecule has 2 atom stereocenters. The Labute approximate surface area is 99.4 Å². The lowest BCUT2D eigenvalue weighted by Gasteiger charge is -2.04. The molecule has 2 unspecified atom stereocenters. The van der Waals surface area contributed by atoms with Gasteiger partial charge in [0, 0.05) is 9.65 Å². The number of hydrogen-bond acceptors (Lipinski definition) is 0. The fourth-order valence-corrected chi connectivity index (χ4v) is 1.81. The molecule has 0 heterocycles. The number of alkyl halides is 2. The summed E-state index contributed by atoms with van der Waals surface area (Å²) >= 11 is 7.14. The van der Waals surface area contributed by atoms with Crippen LogP contribution in [0.2, 0.25) is 0 Å². The first-order valence-electron chi connectivity index (χ1n) is 5.13. The molecule has 0 bridgehead atoms. The molecule has 0 saturated carbocycles. The third-order valence-electron chi connectivity index (χ3n) is 1.92. The van der Waals surface area contributed by atoms with Crippen LogP contribution in [0.4, 0.5) is 0 Å². The number of allylic oxidation sites excluding steroid dienone is 2. The van der Waals surface area contributed by atoms with E-state index < -0.39 is 0 Å². The molecule has 0 aliphatic rings. The van der Waals surface area contributed by atoms with Gasteiger partial charge in [-0.05, 0) is 13.3 Å². The van der Waals surface area contributed by atoms with E-state index in [0.717, 1.165) is 0 Å². The predicted molar refractivity (Wildman–Crippen MR) is 69.0 cm³/mol. The molecule has 0 rings (SSSR count). The largest absolute Gasteiger partial charge is 0.0848 e. The smallest absolute Gasteiger partial charge is 0.0325 e. The molecule has 0 spiro atoms. The molecule has 0 nitrogen and oxygen atoms in total. The van der Waals surface area contributed by atoms with E-state index in [4.69, 9.17) is 0 Å². The van der Waals surface area contributed by atoms with Crippen LogP contribution in [-0.2, 0) is 0 Å². The molecule has 78 valence electrons. The highest BCUT2D eigenvalue weighted by Gasteiger charge is 1.98. The molecule has 0 aromatic rings. The average Bonchev–Trinajstić information content (AvgIpc) is 2.09. The van der Waals surface area contributed by atoms with Crippen molar-refractivity contribution in [2.75, 3.05) is 0 Å². The van der Waals surface area contributed by atoms with E-state index in [1.165, 1.54) is 32.1 Å². The standard InChI is InChI=1S/C11H20Br2/c1-3-4-5-6-7-11(13)9-8-10(2)12/h8-11H,3-7H2,1-2H3. The number of unbranched alkanes of at least 4 members (excludes halogenated alkanes) is 3. The Bertz CT molecular complexity index is 130. The summed E-state index contributed by atoms with van der Waals surface area (Å²) in [5.74, 6) is 0. The molecule has 13 heavy (non-hydrogen) atoms. The lowest BCUT2D eigenvalue weighted by Crippen LogP contribution is -1.94. The SMILES string of the molecule is CCCCCCC(Br)C=CC(C)Br. The molecule has 0 fully saturated rings. The van der Waals surface area contributed by atoms with Crippen LogP contribution in [0.15, 0.2) is 12.2 Å². The van der Waals surface area contributed by atoms with Crippen molar-refractivity contribution in [3.8, 4) is 0 Å². The van der Waals surface area contributed by atoms with Gasteiger partial charge in [-0.3, -0.25) is 0 Å². The Morgan fingerprint density at radius 2 is 1.77 bits per heavy atom. The molecule has 0 radical (unpaired) electrons. The fourth-order valence-electron chi connectivity index (χ4n) is 1.14. The Hall–Kier alpha value is 0.700. The summed E-state index contributed by atoms with van der Waals surface area (Å²) in [6, 6.07) is 0. The Balaban J connectivity index is 3.34. The lowest BCUT2D eigenvalue weighted by atomic mass is 10.1. The van der Waals surface area contributed by atoms with Crippen molar-refractivity contribution in [3.63, 3.8) is 0 Å². The molecular weight excluding hydrogens is 292 g/mol. The maximum atomic E-state index is 3.65. The molecule has 0 N–H and O–H groups in total. The van der Waals surface area contributed by atoms with Crippen LogP contribution in [0.3, 0.4) is 0 Å². The van der Waals surface area contributed by atoms with Gasteiger partial charge >= 0.3 is 0 Å². The Morgan fingerprint density at radius 1 is 1.08 bits per heavy atom. The van der Waals surface area contributed by atoms with Crippen molar-refractivity contribution >= 4 is 31.9 Å². The van der Waals surface area contributed by atoms with Gasteiger partial charge in [0.05, 0.1) is 0 Å². The number of halogens is 2. The van der Waals surface area contributed by atoms with Crippen molar-refractivity contribution in [1.82, 2.24) is 0 Å². The van der Waals surface area contributed by atoms with E-state index in [1.54, 1.807) is 0 Å². The summed E-state index contributed by atoms with van der Waals surface area (Å²) in [6.45, 7) is 4.38. The van der Waals surface area contributed by atoms with E-state index in [2.05, 4.69) is 57.9 Å². The van der Waals surface area contributed by atoms with Gasteiger partial charge in [0.15, 0.2) is 0 Å². The second-order valence-electron chi connectivity index (χ2n) is 3.43. The molecule has 0 amide bonds. The number of hydrogen-bond donors (Lipinski definition) is 0. The van der Waals surface area contributed by atoms with E-state index in [0.29, 0.717) is 9.65 Å². The van der Waals surface area contributed by atoms with Crippen molar-refractivity contribution in [2.45, 2.75) is 55.6 Å². The van der Waals surface area contributed by atoms with Gasteiger partial charge in [-0.1, -0.05) is 76.6 Å². The van der Waals surface area contributed by atoms with Crippen LogP contribution in [0, 0.1) is 0 Å². The van der Waals surface area contributed by atoms with E-state index in [1.807, 2.05) is 0 Å². The van der Waals surface area contributed by atoms with Crippen molar-refractivity contribution in [2.24, 2.45) is 0 Å². The molecule has 0 aliphatic carbocycles. The Kier molecular flexibility index (Phi) is 9.76. The van der Waals surface area contributed by atoms with E-state index in [9.17, 15) is 0 Å². The maximum absolute atomic E-state index is 3.65. The van der Waals surface area contributed by atoms with Gasteiger partial charge in [-0.25, -0.2) is 0 Å². The van der Waals surface area contributed by atoms with Gasteiger partial charge in [0.1, 0.15) is 0 Å². The summed E-state index contributed by atoms with van der Waals surface area (Å²) in [5.41, 5.74) is 0. The van der Waals surface area contributed by atoms with Gasteiger partial charge in [0.2, 0.25) is 0 Å². The quantitative estimate of drug-likeness (QED) is 0.350. The lowest BCUT2D eigenvalue weighted by molar-refractivity contribution is 0.644. The zero-order valence-corrected chi connectivity index (χ0v) is 11.8. The molecule has 0 aromatic heterocycles. The minimum Gasteiger partial charge on any atom is -0.0848 e. The summed E-state index contributed by atoms with van der Waals surface area (Å²) in [7, 11) is 0. The zero-order valence-electron chi connectivity index (χ0n) is 8.60. The van der Waals surface area contributed by atoms with E-state index >= 15 is 0 Å². The van der Waals surface area contributed by atoms with Crippen LogP contribution < -0.4 is 0 Å².